The quantitative estimate of drug-likeness (QED) is 0.659. The average Bonchev–Trinajstić information content (AvgIpc) is 3.16. The van der Waals surface area contributed by atoms with Gasteiger partial charge in [-0.05, 0) is 43.0 Å². The van der Waals surface area contributed by atoms with E-state index in [1.165, 1.54) is 11.0 Å². The van der Waals surface area contributed by atoms with Crippen LogP contribution in [0.5, 0.6) is 0 Å². The number of nitrogens with zero attached hydrogens (tertiary/aromatic N) is 4. The van der Waals surface area contributed by atoms with Gasteiger partial charge in [0.2, 0.25) is 16.0 Å². The number of hydrogen-bond donors (Lipinski definition) is 1. The van der Waals surface area contributed by atoms with Crippen molar-refractivity contribution in [1.29, 1.82) is 0 Å². The molecule has 0 bridgehead atoms. The minimum atomic E-state index is -3.49. The highest BCUT2D eigenvalue weighted by Gasteiger charge is 2.40. The molecular formula is C22H25N5O3S. The number of anilines is 1. The smallest absolute Gasteiger partial charge is 0.258 e. The second-order valence-corrected chi connectivity index (χ2v) is 9.84. The Bertz CT molecular complexity index is 1160. The number of rotatable bonds is 5. The largest absolute Gasteiger partial charge is 0.291 e. The maximum atomic E-state index is 13.4. The number of carbonyl (C=O) groups is 1. The van der Waals surface area contributed by atoms with Gasteiger partial charge in [0.25, 0.3) is 5.91 Å². The van der Waals surface area contributed by atoms with Crippen LogP contribution in [0.4, 0.5) is 5.95 Å². The number of benzene rings is 2. The van der Waals surface area contributed by atoms with Crippen molar-refractivity contribution in [3.63, 3.8) is 0 Å². The van der Waals surface area contributed by atoms with Crippen molar-refractivity contribution >= 4 is 21.9 Å². The first-order valence-electron chi connectivity index (χ1n) is 10.2. The van der Waals surface area contributed by atoms with Crippen LogP contribution >= 0.6 is 0 Å². The number of carbonyl (C=O) groups excluding carboxylic acids is 1. The maximum Gasteiger partial charge on any atom is 0.258 e. The lowest BCUT2D eigenvalue weighted by atomic mass is 10.0. The predicted octanol–water partition coefficient (Wildman–Crippen LogP) is 3.12. The molecule has 9 heteroatoms. The van der Waals surface area contributed by atoms with Crippen molar-refractivity contribution < 1.29 is 13.2 Å². The van der Waals surface area contributed by atoms with E-state index in [0.717, 1.165) is 17.5 Å². The summed E-state index contributed by atoms with van der Waals surface area (Å²) in [6, 6.07) is 16.3. The van der Waals surface area contributed by atoms with Gasteiger partial charge in [0.05, 0.1) is 0 Å². The van der Waals surface area contributed by atoms with E-state index in [2.05, 4.69) is 15.4 Å². The highest BCUT2D eigenvalue weighted by molar-refractivity contribution is 7.89. The third-order valence-electron chi connectivity index (χ3n) is 5.69. The monoisotopic (exact) mass is 439 g/mol. The standard InChI is InChI=1S/C22H25N5O3S/c1-16-8-13-20(18-6-4-3-5-7-18)31(29,30)27(16)14-17-9-11-19(12-10-17)21(28)25-22-23-15-24-26(22)2/h3-7,9-12,15-16,20H,8,13-14H2,1-2H3,(H,23,24,25,28). The Morgan fingerprint density at radius 2 is 1.81 bits per heavy atom. The van der Waals surface area contributed by atoms with Crippen LogP contribution in [-0.2, 0) is 23.6 Å². The van der Waals surface area contributed by atoms with Crippen LogP contribution in [0, 0.1) is 0 Å². The fraction of sp³-hybridized carbons (Fsp3) is 0.318. The molecule has 1 amide bonds. The van der Waals surface area contributed by atoms with Crippen molar-refractivity contribution in [2.24, 2.45) is 7.05 Å². The Balaban J connectivity index is 1.50. The zero-order valence-electron chi connectivity index (χ0n) is 17.5. The Labute approximate surface area is 182 Å². The van der Waals surface area contributed by atoms with Gasteiger partial charge >= 0.3 is 0 Å². The summed E-state index contributed by atoms with van der Waals surface area (Å²) in [5.41, 5.74) is 2.12. The van der Waals surface area contributed by atoms with Crippen LogP contribution in [0.1, 0.15) is 46.5 Å². The number of aromatic nitrogens is 3. The molecule has 31 heavy (non-hydrogen) atoms. The first-order valence-corrected chi connectivity index (χ1v) is 11.7. The number of nitrogens with one attached hydrogen (secondary N) is 1. The topological polar surface area (TPSA) is 97.2 Å². The molecule has 0 aliphatic carbocycles. The number of aryl methyl sites for hydroxylation is 1. The Morgan fingerprint density at radius 1 is 1.10 bits per heavy atom. The lowest BCUT2D eigenvalue weighted by Gasteiger charge is -2.37. The van der Waals surface area contributed by atoms with Crippen molar-refractivity contribution in [2.45, 2.75) is 37.6 Å². The van der Waals surface area contributed by atoms with Crippen LogP contribution in [-0.4, -0.2) is 39.4 Å². The second-order valence-electron chi connectivity index (χ2n) is 7.77. The van der Waals surface area contributed by atoms with E-state index in [4.69, 9.17) is 0 Å². The number of sulfonamides is 1. The summed E-state index contributed by atoms with van der Waals surface area (Å²) >= 11 is 0. The van der Waals surface area contributed by atoms with Crippen LogP contribution in [0.2, 0.25) is 0 Å². The summed E-state index contributed by atoms with van der Waals surface area (Å²) in [7, 11) is -1.81. The van der Waals surface area contributed by atoms with E-state index < -0.39 is 15.3 Å². The van der Waals surface area contributed by atoms with Gasteiger partial charge < -0.3 is 0 Å². The average molecular weight is 440 g/mol. The van der Waals surface area contributed by atoms with Gasteiger partial charge in [0, 0.05) is 25.2 Å². The number of amides is 1. The fourth-order valence-corrected chi connectivity index (χ4v) is 6.07. The number of hydrogen-bond acceptors (Lipinski definition) is 5. The summed E-state index contributed by atoms with van der Waals surface area (Å²) in [5.74, 6) is 0.0556. The molecule has 1 N–H and O–H groups in total. The molecule has 4 rings (SSSR count). The molecule has 2 unspecified atom stereocenters. The molecule has 3 aromatic rings. The van der Waals surface area contributed by atoms with Crippen LogP contribution in [0.25, 0.3) is 0 Å². The molecule has 1 aliphatic heterocycles. The van der Waals surface area contributed by atoms with Gasteiger partial charge in [-0.2, -0.15) is 14.4 Å². The van der Waals surface area contributed by atoms with Gasteiger partial charge in [-0.3, -0.25) is 10.1 Å². The molecule has 2 aromatic carbocycles. The molecule has 0 spiro atoms. The molecule has 1 aliphatic rings. The lowest BCUT2D eigenvalue weighted by molar-refractivity contribution is 0.102. The molecule has 0 radical (unpaired) electrons. The predicted molar refractivity (Wildman–Crippen MR) is 118 cm³/mol. The van der Waals surface area contributed by atoms with Gasteiger partial charge in [-0.25, -0.2) is 13.1 Å². The van der Waals surface area contributed by atoms with Gasteiger partial charge in [0.15, 0.2) is 0 Å². The minimum absolute atomic E-state index is 0.0798. The molecule has 1 saturated heterocycles. The lowest BCUT2D eigenvalue weighted by Crippen LogP contribution is -2.44. The van der Waals surface area contributed by atoms with E-state index in [1.807, 2.05) is 37.3 Å². The fourth-order valence-electron chi connectivity index (χ4n) is 3.88. The first-order chi connectivity index (χ1) is 14.9. The van der Waals surface area contributed by atoms with Crippen LogP contribution in [0.15, 0.2) is 60.9 Å². The highest BCUT2D eigenvalue weighted by Crippen LogP contribution is 2.38. The Hall–Kier alpha value is -3.04. The summed E-state index contributed by atoms with van der Waals surface area (Å²) in [6.45, 7) is 2.22. The van der Waals surface area contributed by atoms with E-state index in [-0.39, 0.29) is 18.5 Å². The van der Waals surface area contributed by atoms with Crippen molar-refractivity contribution in [1.82, 2.24) is 19.1 Å². The summed E-state index contributed by atoms with van der Waals surface area (Å²) in [5, 5.41) is 6.09. The maximum absolute atomic E-state index is 13.4. The summed E-state index contributed by atoms with van der Waals surface area (Å²) in [4.78, 5) is 16.4. The second kappa shape index (κ2) is 8.60. The normalized spacial score (nSPS) is 21.0. The van der Waals surface area contributed by atoms with Crippen LogP contribution in [0.3, 0.4) is 0 Å². The third-order valence-corrected chi connectivity index (χ3v) is 8.06. The molecule has 1 fully saturated rings. The summed E-state index contributed by atoms with van der Waals surface area (Å²) in [6.07, 6.45) is 2.78. The molecule has 2 atom stereocenters. The van der Waals surface area contributed by atoms with Gasteiger partial charge in [-0.1, -0.05) is 42.5 Å². The van der Waals surface area contributed by atoms with Crippen molar-refractivity contribution in [3.05, 3.63) is 77.6 Å². The van der Waals surface area contributed by atoms with E-state index >= 15 is 0 Å². The van der Waals surface area contributed by atoms with Crippen LogP contribution < -0.4 is 5.32 Å². The Morgan fingerprint density at radius 3 is 2.45 bits per heavy atom. The van der Waals surface area contributed by atoms with Gasteiger partial charge in [-0.15, -0.1) is 0 Å². The SMILES string of the molecule is CC1CCC(c2ccccc2)S(=O)(=O)N1Cc1ccc(C(=O)Nc2ncnn2C)cc1. The minimum Gasteiger partial charge on any atom is -0.291 e. The molecule has 1 aromatic heterocycles. The van der Waals surface area contributed by atoms with Gasteiger partial charge in [0.1, 0.15) is 11.6 Å². The van der Waals surface area contributed by atoms with Crippen molar-refractivity contribution in [2.75, 3.05) is 5.32 Å². The zero-order chi connectivity index (χ0) is 22.0. The Kier molecular flexibility index (Phi) is 5.88. The molecule has 8 nitrogen and oxygen atoms in total. The molecule has 162 valence electrons. The van der Waals surface area contributed by atoms with E-state index in [0.29, 0.717) is 17.9 Å². The van der Waals surface area contributed by atoms with E-state index in [9.17, 15) is 13.2 Å². The molecular weight excluding hydrogens is 414 g/mol. The zero-order valence-corrected chi connectivity index (χ0v) is 18.3. The van der Waals surface area contributed by atoms with E-state index in [1.54, 1.807) is 35.6 Å². The first kappa shape index (κ1) is 21.2. The highest BCUT2D eigenvalue weighted by atomic mass is 32.2. The summed E-state index contributed by atoms with van der Waals surface area (Å²) < 4.78 is 29.8. The molecule has 0 saturated carbocycles. The van der Waals surface area contributed by atoms with Crippen molar-refractivity contribution in [3.8, 4) is 0 Å². The molecule has 2 heterocycles. The third kappa shape index (κ3) is 4.38.